The number of fused-ring (bicyclic) bond motifs is 1. The molecule has 0 saturated carbocycles. The predicted molar refractivity (Wildman–Crippen MR) is 271 cm³/mol. The molecule has 65 heavy (non-hydrogen) atoms. The second-order valence-electron chi connectivity index (χ2n) is 20.0. The number of nitrogens with zero attached hydrogens (tertiary/aromatic N) is 3. The second kappa shape index (κ2) is 18.7. The summed E-state index contributed by atoms with van der Waals surface area (Å²) in [5.41, 5.74) is 16.7. The molecular weight excluding hydrogens is 974 g/mol. The summed E-state index contributed by atoms with van der Waals surface area (Å²) in [4.78, 5) is 10.6. The largest absolute Gasteiger partial charge is 0.507 e. The molecule has 4 nitrogen and oxygen atoms in total. The Kier molecular flexibility index (Phi) is 13.2. The number of benzene rings is 6. The maximum atomic E-state index is 12.3. The maximum absolute atomic E-state index is 12.3. The van der Waals surface area contributed by atoms with Crippen LogP contribution in [0.4, 0.5) is 0 Å². The van der Waals surface area contributed by atoms with E-state index < -0.39 is 5.89 Å². The van der Waals surface area contributed by atoms with Crippen molar-refractivity contribution in [1.82, 2.24) is 14.5 Å². The summed E-state index contributed by atoms with van der Waals surface area (Å²) >= 11 is 0. The molecule has 8 aromatic rings. The Balaban J connectivity index is 0.00000648. The quantitative estimate of drug-likeness (QED) is 0.131. The van der Waals surface area contributed by atoms with Gasteiger partial charge < -0.3 is 5.11 Å². The molecule has 2 heterocycles. The number of imidazole rings is 1. The van der Waals surface area contributed by atoms with Gasteiger partial charge in [-0.2, -0.15) is 0 Å². The molecule has 0 saturated heterocycles. The number of phenolic OH excluding ortho intramolecular Hbond substituents is 1. The predicted octanol–water partition coefficient (Wildman–Crippen LogP) is 16.6. The van der Waals surface area contributed by atoms with E-state index in [0.717, 1.165) is 90.0 Å². The van der Waals surface area contributed by atoms with Crippen LogP contribution in [-0.4, -0.2) is 19.6 Å². The van der Waals surface area contributed by atoms with Crippen molar-refractivity contribution in [1.29, 1.82) is 0 Å². The minimum atomic E-state index is -0.670. The molecule has 0 bridgehead atoms. The summed E-state index contributed by atoms with van der Waals surface area (Å²) in [6.07, 6.45) is 2.88. The van der Waals surface area contributed by atoms with Gasteiger partial charge in [0, 0.05) is 39.9 Å². The molecule has 6 aromatic carbocycles. The van der Waals surface area contributed by atoms with Gasteiger partial charge in [-0.05, 0) is 104 Å². The Morgan fingerprint density at radius 1 is 0.646 bits per heavy atom. The monoisotopic (exact) mass is 1040 g/mol. The normalized spacial score (nSPS) is 12.5. The number of pyridine rings is 1. The molecule has 0 fully saturated rings. The minimum absolute atomic E-state index is 0. The Morgan fingerprint density at radius 2 is 1.35 bits per heavy atom. The molecule has 0 atom stereocenters. The molecule has 5 heteroatoms. The van der Waals surface area contributed by atoms with Crippen LogP contribution in [0.1, 0.15) is 136 Å². The van der Waals surface area contributed by atoms with E-state index in [0.29, 0.717) is 11.4 Å². The zero-order chi connectivity index (χ0) is 46.6. The molecule has 0 aliphatic heterocycles. The average Bonchev–Trinajstić information content (AvgIpc) is 3.67. The molecular formula is C60H64N3OPt-. The van der Waals surface area contributed by atoms with Crippen molar-refractivity contribution in [3.8, 4) is 67.5 Å². The number of hydrogen-bond acceptors (Lipinski definition) is 3. The fraction of sp³-hybridized carbons (Fsp3) is 0.300. The van der Waals surface area contributed by atoms with E-state index in [2.05, 4.69) is 189 Å². The van der Waals surface area contributed by atoms with E-state index in [1.54, 1.807) is 0 Å². The first-order valence-corrected chi connectivity index (χ1v) is 23.0. The smallest absolute Gasteiger partial charge is 0.148 e. The van der Waals surface area contributed by atoms with E-state index in [-0.39, 0.29) is 49.5 Å². The van der Waals surface area contributed by atoms with Crippen LogP contribution < -0.4 is 0 Å². The third-order valence-corrected chi connectivity index (χ3v) is 13.2. The summed E-state index contributed by atoms with van der Waals surface area (Å²) in [5.74, 6) is 0.628. The molecule has 0 spiro atoms. The van der Waals surface area contributed by atoms with Gasteiger partial charge in [-0.1, -0.05) is 179 Å². The topological polar surface area (TPSA) is 50.9 Å². The third-order valence-electron chi connectivity index (χ3n) is 13.2. The number of hydrogen-bond donors (Lipinski definition) is 1. The van der Waals surface area contributed by atoms with E-state index in [4.69, 9.17) is 11.3 Å². The van der Waals surface area contributed by atoms with E-state index >= 15 is 0 Å². The molecule has 8 rings (SSSR count). The van der Waals surface area contributed by atoms with Crippen LogP contribution in [-0.2, 0) is 31.9 Å². The number of rotatable bonds is 11. The molecule has 0 amide bonds. The second-order valence-corrected chi connectivity index (χ2v) is 20.0. The zero-order valence-corrected chi connectivity index (χ0v) is 42.4. The Labute approximate surface area is 403 Å². The molecule has 0 unspecified atom stereocenters. The van der Waals surface area contributed by atoms with Gasteiger partial charge in [0.05, 0.1) is 22.3 Å². The van der Waals surface area contributed by atoms with Crippen molar-refractivity contribution in [3.05, 3.63) is 167 Å². The number of phenols is 1. The van der Waals surface area contributed by atoms with Crippen LogP contribution in [0.15, 0.2) is 134 Å². The summed E-state index contributed by atoms with van der Waals surface area (Å²) in [5, 5.41) is 12.3. The molecule has 336 valence electrons. The summed E-state index contributed by atoms with van der Waals surface area (Å²) in [6.45, 7) is 26.1. The maximum Gasteiger partial charge on any atom is 0.148 e. The van der Waals surface area contributed by atoms with Crippen molar-refractivity contribution in [3.63, 3.8) is 0 Å². The van der Waals surface area contributed by atoms with Gasteiger partial charge in [-0.15, -0.1) is 29.3 Å². The summed E-state index contributed by atoms with van der Waals surface area (Å²) < 4.78 is 10.8. The number of aromatic hydroxyl groups is 1. The third kappa shape index (κ3) is 9.43. The van der Waals surface area contributed by atoms with Gasteiger partial charge in [0.25, 0.3) is 0 Å². The van der Waals surface area contributed by atoms with Gasteiger partial charge in [0.15, 0.2) is 0 Å². The van der Waals surface area contributed by atoms with Crippen LogP contribution >= 0.6 is 0 Å². The first kappa shape index (κ1) is 46.0. The van der Waals surface area contributed by atoms with Crippen molar-refractivity contribution >= 4 is 11.0 Å². The van der Waals surface area contributed by atoms with Crippen LogP contribution in [0, 0.1) is 6.07 Å². The fourth-order valence-electron chi connectivity index (χ4n) is 8.61. The van der Waals surface area contributed by atoms with Crippen LogP contribution in [0.2, 0.25) is 0 Å². The number of para-hydroxylation sites is 1. The summed E-state index contributed by atoms with van der Waals surface area (Å²) in [6, 6.07) is 49.1. The zero-order valence-electron chi connectivity index (χ0n) is 41.2. The molecule has 2 aromatic heterocycles. The molecule has 0 aliphatic carbocycles. The first-order valence-electron chi connectivity index (χ1n) is 23.5. The van der Waals surface area contributed by atoms with Crippen LogP contribution in [0.25, 0.3) is 72.7 Å². The minimum Gasteiger partial charge on any atom is -0.507 e. The number of aromatic nitrogens is 3. The van der Waals surface area contributed by atoms with Gasteiger partial charge in [0.2, 0.25) is 0 Å². The van der Waals surface area contributed by atoms with Gasteiger partial charge in [-0.3, -0.25) is 9.55 Å². The SMILES string of the molecule is [2H]C(C)(C)c1ccc(-c2ccnc(-c3[c-]c(-c4cccc5c4nc(-c4cc(C(C)C)cc(C(C)C)c4O)n5-c4ccc(C(C)(C)CC)cc4-c4ccccc4)cc(C(C)(C)C)c3)c2)cc1.[Pt]. The van der Waals surface area contributed by atoms with Crippen molar-refractivity contribution < 1.29 is 27.5 Å². The van der Waals surface area contributed by atoms with E-state index in [1.165, 1.54) is 5.56 Å². The standard InChI is InChI=1S/C60H64N3O.Pt/c1-13-60(11,12)47-26-27-54(51(36-47)42-18-15-14-16-19-42)63-55-21-17-20-49(56(55)62-58(63)52-34-44(38(4)5)33-50(39(6)7)57(52)64)45-30-46(32-48(31-45)59(8,9)10)53-35-43(28-29-61-53)41-24-22-40(23-25-41)37(2)3;/h14-29,31-39,64H,13H2,1-12H3;/q-1;/i37D;. The Hall–Kier alpha value is -5.57. The summed E-state index contributed by atoms with van der Waals surface area (Å²) in [7, 11) is 0. The first-order chi connectivity index (χ1) is 30.7. The average molecular weight is 1040 g/mol. The van der Waals surface area contributed by atoms with Gasteiger partial charge in [0.1, 0.15) is 11.6 Å². The van der Waals surface area contributed by atoms with Crippen molar-refractivity contribution in [2.24, 2.45) is 0 Å². The van der Waals surface area contributed by atoms with Gasteiger partial charge >= 0.3 is 0 Å². The molecule has 0 aliphatic rings. The molecule has 0 radical (unpaired) electrons. The van der Waals surface area contributed by atoms with Crippen molar-refractivity contribution in [2.75, 3.05) is 0 Å². The van der Waals surface area contributed by atoms with Crippen LogP contribution in [0.5, 0.6) is 5.75 Å². The Morgan fingerprint density at radius 3 is 2.00 bits per heavy atom. The van der Waals surface area contributed by atoms with E-state index in [9.17, 15) is 5.11 Å². The van der Waals surface area contributed by atoms with Crippen LogP contribution in [0.3, 0.4) is 0 Å². The fourth-order valence-corrected chi connectivity index (χ4v) is 8.61. The Bertz CT molecular complexity index is 3020. The van der Waals surface area contributed by atoms with Gasteiger partial charge in [-0.25, -0.2) is 4.98 Å². The molecule has 1 N–H and O–H groups in total. The van der Waals surface area contributed by atoms with E-state index in [1.807, 2.05) is 38.2 Å². The van der Waals surface area contributed by atoms with Crippen molar-refractivity contribution in [2.45, 2.75) is 118 Å².